The molecule has 31 heavy (non-hydrogen) atoms. The molecule has 6 nitrogen and oxygen atoms in total. The summed E-state index contributed by atoms with van der Waals surface area (Å²) < 4.78 is 13.2. The predicted molar refractivity (Wildman–Crippen MR) is 119 cm³/mol. The Morgan fingerprint density at radius 1 is 1.10 bits per heavy atom. The number of benzene rings is 3. The van der Waals surface area contributed by atoms with Gasteiger partial charge < -0.3 is 11.1 Å². The first-order valence-electron chi connectivity index (χ1n) is 9.89. The maximum atomic E-state index is 13.2. The second kappa shape index (κ2) is 8.89. The van der Waals surface area contributed by atoms with E-state index in [9.17, 15) is 9.18 Å². The van der Waals surface area contributed by atoms with Crippen molar-refractivity contribution in [3.05, 3.63) is 89.7 Å². The normalized spacial score (nSPS) is 11.8. The highest BCUT2D eigenvalue weighted by atomic mass is 19.1. The maximum Gasteiger partial charge on any atom is 0.241 e. The number of rotatable bonds is 6. The Morgan fingerprint density at radius 2 is 1.84 bits per heavy atom. The lowest BCUT2D eigenvalue weighted by molar-refractivity contribution is -0.117. The fourth-order valence-corrected chi connectivity index (χ4v) is 3.26. The molecule has 0 bridgehead atoms. The topological polar surface area (TPSA) is 96.7 Å². The standard InChI is InChI=1S/C24H22FN5O/c1-15-7-12-19(27-24(31)21(26)13-16-5-3-2-4-6-16)14-20(15)23-28-22(29-30-23)17-8-10-18(25)11-9-17/h2-12,14,21H,13,26H2,1H3,(H,27,31)(H,28,29,30). The van der Waals surface area contributed by atoms with Crippen LogP contribution in [0.1, 0.15) is 11.1 Å². The molecular weight excluding hydrogens is 393 g/mol. The molecular formula is C24H22FN5O. The molecule has 156 valence electrons. The molecule has 0 spiro atoms. The van der Waals surface area contributed by atoms with Crippen LogP contribution in [-0.2, 0) is 11.2 Å². The van der Waals surface area contributed by atoms with E-state index < -0.39 is 6.04 Å². The molecule has 0 fully saturated rings. The van der Waals surface area contributed by atoms with Gasteiger partial charge in [0.1, 0.15) is 5.82 Å². The van der Waals surface area contributed by atoms with Crippen LogP contribution in [0.15, 0.2) is 72.8 Å². The highest BCUT2D eigenvalue weighted by Gasteiger charge is 2.16. The van der Waals surface area contributed by atoms with Gasteiger partial charge in [0, 0.05) is 16.8 Å². The monoisotopic (exact) mass is 415 g/mol. The van der Waals surface area contributed by atoms with Crippen molar-refractivity contribution in [1.29, 1.82) is 0 Å². The summed E-state index contributed by atoms with van der Waals surface area (Å²) in [4.78, 5) is 17.1. The summed E-state index contributed by atoms with van der Waals surface area (Å²) in [6.07, 6.45) is 0.453. The molecule has 0 radical (unpaired) electrons. The molecule has 1 heterocycles. The van der Waals surface area contributed by atoms with Crippen molar-refractivity contribution in [2.75, 3.05) is 5.32 Å². The Labute approximate surface area is 179 Å². The fourth-order valence-electron chi connectivity index (χ4n) is 3.26. The van der Waals surface area contributed by atoms with Crippen molar-refractivity contribution in [2.24, 2.45) is 5.73 Å². The van der Waals surface area contributed by atoms with Crippen LogP contribution in [0.4, 0.5) is 10.1 Å². The van der Waals surface area contributed by atoms with E-state index in [0.29, 0.717) is 29.3 Å². The van der Waals surface area contributed by atoms with Crippen LogP contribution in [0.5, 0.6) is 0 Å². The summed E-state index contributed by atoms with van der Waals surface area (Å²) in [5.74, 6) is 0.447. The first kappa shape index (κ1) is 20.4. The van der Waals surface area contributed by atoms with Gasteiger partial charge in [-0.3, -0.25) is 9.89 Å². The Morgan fingerprint density at radius 3 is 2.58 bits per heavy atom. The van der Waals surface area contributed by atoms with Crippen molar-refractivity contribution in [2.45, 2.75) is 19.4 Å². The fraction of sp³-hybridized carbons (Fsp3) is 0.125. The number of hydrogen-bond acceptors (Lipinski definition) is 4. The van der Waals surface area contributed by atoms with Gasteiger partial charge in [-0.1, -0.05) is 36.4 Å². The number of nitrogens with one attached hydrogen (secondary N) is 2. The maximum absolute atomic E-state index is 13.2. The third-order valence-corrected chi connectivity index (χ3v) is 4.98. The SMILES string of the molecule is Cc1ccc(NC(=O)C(N)Cc2ccccc2)cc1-c1nc(-c2ccc(F)cc2)n[nH]1. The number of aryl methyl sites for hydroxylation is 1. The van der Waals surface area contributed by atoms with E-state index in [-0.39, 0.29) is 11.7 Å². The van der Waals surface area contributed by atoms with Gasteiger partial charge in [0.05, 0.1) is 6.04 Å². The van der Waals surface area contributed by atoms with Crippen LogP contribution >= 0.6 is 0 Å². The summed E-state index contributed by atoms with van der Waals surface area (Å²) in [5.41, 5.74) is 10.2. The lowest BCUT2D eigenvalue weighted by Crippen LogP contribution is -2.37. The Hall–Kier alpha value is -3.84. The minimum Gasteiger partial charge on any atom is -0.325 e. The number of carbonyl (C=O) groups is 1. The minimum atomic E-state index is -0.664. The summed E-state index contributed by atoms with van der Waals surface area (Å²) in [6, 6.07) is 20.5. The second-order valence-corrected chi connectivity index (χ2v) is 7.33. The van der Waals surface area contributed by atoms with Crippen molar-refractivity contribution in [3.63, 3.8) is 0 Å². The number of anilines is 1. The molecule has 0 aliphatic heterocycles. The third kappa shape index (κ3) is 4.84. The summed E-state index contributed by atoms with van der Waals surface area (Å²) in [6.45, 7) is 1.95. The quantitative estimate of drug-likeness (QED) is 0.442. The van der Waals surface area contributed by atoms with E-state index in [1.54, 1.807) is 12.1 Å². The number of carbonyl (C=O) groups excluding carboxylic acids is 1. The van der Waals surface area contributed by atoms with Crippen molar-refractivity contribution in [1.82, 2.24) is 15.2 Å². The minimum absolute atomic E-state index is 0.261. The highest BCUT2D eigenvalue weighted by molar-refractivity contribution is 5.95. The molecule has 1 amide bonds. The lowest BCUT2D eigenvalue weighted by atomic mass is 10.0. The molecule has 7 heteroatoms. The summed E-state index contributed by atoms with van der Waals surface area (Å²) in [5, 5.41) is 10.0. The van der Waals surface area contributed by atoms with E-state index in [1.807, 2.05) is 55.5 Å². The molecule has 0 saturated heterocycles. The van der Waals surface area contributed by atoms with E-state index in [1.165, 1.54) is 12.1 Å². The average molecular weight is 415 g/mol. The summed E-state index contributed by atoms with van der Waals surface area (Å²) >= 11 is 0. The number of halogens is 1. The molecule has 0 saturated carbocycles. The van der Waals surface area contributed by atoms with Crippen LogP contribution in [0, 0.1) is 12.7 Å². The summed E-state index contributed by atoms with van der Waals surface area (Å²) in [7, 11) is 0. The molecule has 4 rings (SSSR count). The van der Waals surface area contributed by atoms with Gasteiger partial charge >= 0.3 is 0 Å². The molecule has 1 aromatic heterocycles. The van der Waals surface area contributed by atoms with Gasteiger partial charge in [-0.15, -0.1) is 0 Å². The first-order chi connectivity index (χ1) is 15.0. The zero-order valence-corrected chi connectivity index (χ0v) is 17.0. The number of nitrogens with two attached hydrogens (primary N) is 1. The number of hydrogen-bond donors (Lipinski definition) is 3. The van der Waals surface area contributed by atoms with Crippen molar-refractivity contribution >= 4 is 11.6 Å². The first-order valence-corrected chi connectivity index (χ1v) is 9.89. The number of amides is 1. The van der Waals surface area contributed by atoms with E-state index in [0.717, 1.165) is 16.7 Å². The zero-order valence-electron chi connectivity index (χ0n) is 17.0. The Bertz CT molecular complexity index is 1190. The second-order valence-electron chi connectivity index (χ2n) is 7.33. The van der Waals surface area contributed by atoms with Crippen LogP contribution < -0.4 is 11.1 Å². The number of nitrogens with zero attached hydrogens (tertiary/aromatic N) is 2. The van der Waals surface area contributed by atoms with Gasteiger partial charge in [-0.2, -0.15) is 5.10 Å². The molecule has 0 aliphatic rings. The smallest absolute Gasteiger partial charge is 0.241 e. The van der Waals surface area contributed by atoms with Gasteiger partial charge in [0.15, 0.2) is 11.6 Å². The van der Waals surface area contributed by atoms with Crippen LogP contribution in [-0.4, -0.2) is 27.1 Å². The highest BCUT2D eigenvalue weighted by Crippen LogP contribution is 2.26. The van der Waals surface area contributed by atoms with E-state index in [4.69, 9.17) is 5.73 Å². The number of aromatic nitrogens is 3. The van der Waals surface area contributed by atoms with Crippen molar-refractivity contribution in [3.8, 4) is 22.8 Å². The average Bonchev–Trinajstić information content (AvgIpc) is 3.26. The predicted octanol–water partition coefficient (Wildman–Crippen LogP) is 4.09. The number of aromatic amines is 1. The van der Waals surface area contributed by atoms with Crippen LogP contribution in [0.2, 0.25) is 0 Å². The number of H-pyrrole nitrogens is 1. The van der Waals surface area contributed by atoms with E-state index >= 15 is 0 Å². The molecule has 4 N–H and O–H groups in total. The van der Waals surface area contributed by atoms with Crippen molar-refractivity contribution < 1.29 is 9.18 Å². The lowest BCUT2D eigenvalue weighted by Gasteiger charge is -2.13. The van der Waals surface area contributed by atoms with Gasteiger partial charge in [0.25, 0.3) is 0 Å². The molecule has 3 aromatic carbocycles. The Balaban J connectivity index is 1.51. The molecule has 0 aliphatic carbocycles. The molecule has 4 aromatic rings. The Kier molecular flexibility index (Phi) is 5.86. The largest absolute Gasteiger partial charge is 0.325 e. The zero-order chi connectivity index (χ0) is 21.8. The van der Waals surface area contributed by atoms with Crippen LogP contribution in [0.25, 0.3) is 22.8 Å². The van der Waals surface area contributed by atoms with Crippen LogP contribution in [0.3, 0.4) is 0 Å². The van der Waals surface area contributed by atoms with Gasteiger partial charge in [0.2, 0.25) is 5.91 Å². The molecule has 1 atom stereocenters. The molecule has 1 unspecified atom stereocenters. The van der Waals surface area contributed by atoms with Gasteiger partial charge in [-0.05, 0) is 60.9 Å². The van der Waals surface area contributed by atoms with E-state index in [2.05, 4.69) is 20.5 Å². The third-order valence-electron chi connectivity index (χ3n) is 4.98. The van der Waals surface area contributed by atoms with Gasteiger partial charge in [-0.25, -0.2) is 9.37 Å².